The molecule has 1 saturated carbocycles. The summed E-state index contributed by atoms with van der Waals surface area (Å²) in [7, 11) is -1.97. The van der Waals surface area contributed by atoms with Gasteiger partial charge >= 0.3 is 0 Å². The SMILES string of the molecule is C[C@H]1[C@H](C)CCC[C@H]1NC(=O)CN(C)C1=NS(=O)(=O)c2ccccc21. The van der Waals surface area contributed by atoms with E-state index in [-0.39, 0.29) is 23.4 Å². The van der Waals surface area contributed by atoms with Crippen LogP contribution in [0.2, 0.25) is 0 Å². The summed E-state index contributed by atoms with van der Waals surface area (Å²) in [6.07, 6.45) is 3.34. The van der Waals surface area contributed by atoms with Crippen LogP contribution in [0.15, 0.2) is 33.6 Å². The lowest BCUT2D eigenvalue weighted by molar-refractivity contribution is -0.122. The molecule has 3 rings (SSSR count). The minimum absolute atomic E-state index is 0.0836. The second kappa shape index (κ2) is 6.78. The number of amides is 1. The van der Waals surface area contributed by atoms with Crippen LogP contribution >= 0.6 is 0 Å². The molecule has 0 aromatic heterocycles. The van der Waals surface area contributed by atoms with E-state index in [2.05, 4.69) is 23.6 Å². The van der Waals surface area contributed by atoms with E-state index in [0.717, 1.165) is 12.8 Å². The second-order valence-corrected chi connectivity index (χ2v) is 8.76. The number of nitrogens with one attached hydrogen (secondary N) is 1. The number of fused-ring (bicyclic) bond motifs is 1. The summed E-state index contributed by atoms with van der Waals surface area (Å²) in [4.78, 5) is 14.3. The molecule has 1 aromatic rings. The first-order chi connectivity index (χ1) is 11.8. The van der Waals surface area contributed by atoms with Crippen molar-refractivity contribution in [3.8, 4) is 0 Å². The van der Waals surface area contributed by atoms with Crippen molar-refractivity contribution in [3.63, 3.8) is 0 Å². The highest BCUT2D eigenvalue weighted by Gasteiger charge is 2.32. The molecule has 1 amide bonds. The Labute approximate surface area is 149 Å². The van der Waals surface area contributed by atoms with Crippen LogP contribution in [-0.4, -0.2) is 44.7 Å². The standard InChI is InChI=1S/C18H25N3O3S/c1-12-7-6-9-15(13(12)2)19-17(22)11-21(3)18-14-8-4-5-10-16(14)25(23,24)20-18/h4-5,8,10,12-13,15H,6-7,9,11H2,1-3H3,(H,19,22)/t12-,13+,15-/m1/s1. The zero-order valence-corrected chi connectivity index (χ0v) is 15.7. The summed E-state index contributed by atoms with van der Waals surface area (Å²) in [6, 6.07) is 6.89. The first-order valence-electron chi connectivity index (χ1n) is 8.74. The van der Waals surface area contributed by atoms with Crippen molar-refractivity contribution in [2.45, 2.75) is 44.0 Å². The van der Waals surface area contributed by atoms with Crippen LogP contribution in [0.4, 0.5) is 0 Å². The molecule has 6 nitrogen and oxygen atoms in total. The second-order valence-electron chi connectivity index (χ2n) is 7.18. The van der Waals surface area contributed by atoms with Gasteiger partial charge in [-0.3, -0.25) is 4.79 Å². The summed E-state index contributed by atoms with van der Waals surface area (Å²) in [6.45, 7) is 4.49. The van der Waals surface area contributed by atoms with Crippen LogP contribution in [0.1, 0.15) is 38.7 Å². The van der Waals surface area contributed by atoms with Crippen molar-refractivity contribution < 1.29 is 13.2 Å². The maximum absolute atomic E-state index is 12.4. The predicted octanol–water partition coefficient (Wildman–Crippen LogP) is 2.01. The molecule has 0 bridgehead atoms. The Kier molecular flexibility index (Phi) is 4.86. The fraction of sp³-hybridized carbons (Fsp3) is 0.556. The van der Waals surface area contributed by atoms with Gasteiger partial charge in [0.15, 0.2) is 5.84 Å². The zero-order chi connectivity index (χ0) is 18.2. The molecule has 0 spiro atoms. The van der Waals surface area contributed by atoms with Crippen molar-refractivity contribution in [2.24, 2.45) is 16.2 Å². The highest BCUT2D eigenvalue weighted by Crippen LogP contribution is 2.30. The molecule has 1 aliphatic carbocycles. The Hall–Kier alpha value is -1.89. The molecule has 136 valence electrons. The maximum atomic E-state index is 12.4. The van der Waals surface area contributed by atoms with E-state index in [4.69, 9.17) is 0 Å². The first kappa shape index (κ1) is 17.9. The molecule has 1 aliphatic heterocycles. The van der Waals surface area contributed by atoms with Gasteiger partial charge in [-0.15, -0.1) is 4.40 Å². The molecule has 1 fully saturated rings. The van der Waals surface area contributed by atoms with Gasteiger partial charge in [-0.1, -0.05) is 38.8 Å². The number of nitrogens with zero attached hydrogens (tertiary/aromatic N) is 2. The lowest BCUT2D eigenvalue weighted by Crippen LogP contribution is -2.47. The van der Waals surface area contributed by atoms with E-state index in [9.17, 15) is 13.2 Å². The number of sulfonamides is 1. The number of amidine groups is 1. The highest BCUT2D eigenvalue weighted by molar-refractivity contribution is 7.90. The summed E-state index contributed by atoms with van der Waals surface area (Å²) in [5.74, 6) is 1.29. The minimum Gasteiger partial charge on any atom is -0.352 e. The molecular formula is C18H25N3O3S. The summed E-state index contributed by atoms with van der Waals surface area (Å²) in [5.41, 5.74) is 0.553. The Morgan fingerprint density at radius 2 is 2.00 bits per heavy atom. The first-order valence-corrected chi connectivity index (χ1v) is 10.2. The van der Waals surface area contributed by atoms with E-state index < -0.39 is 10.0 Å². The van der Waals surface area contributed by atoms with Crippen LogP contribution in [0.3, 0.4) is 0 Å². The van der Waals surface area contributed by atoms with Crippen molar-refractivity contribution in [1.82, 2.24) is 10.2 Å². The smallest absolute Gasteiger partial charge is 0.285 e. The highest BCUT2D eigenvalue weighted by atomic mass is 32.2. The van der Waals surface area contributed by atoms with Gasteiger partial charge in [0, 0.05) is 18.7 Å². The van der Waals surface area contributed by atoms with Crippen LogP contribution in [0.25, 0.3) is 0 Å². The number of hydrogen-bond acceptors (Lipinski definition) is 4. The number of likely N-dealkylation sites (N-methyl/N-ethyl adjacent to an activating group) is 1. The molecule has 0 saturated heterocycles. The molecule has 1 aromatic carbocycles. The lowest BCUT2D eigenvalue weighted by Gasteiger charge is -2.35. The number of hydrogen-bond donors (Lipinski definition) is 1. The molecule has 3 atom stereocenters. The number of rotatable bonds is 3. The summed E-state index contributed by atoms with van der Waals surface area (Å²) in [5, 5.41) is 3.11. The third kappa shape index (κ3) is 3.56. The third-order valence-corrected chi connectivity index (χ3v) is 6.73. The maximum Gasteiger partial charge on any atom is 0.285 e. The number of carbonyl (C=O) groups is 1. The van der Waals surface area contributed by atoms with E-state index >= 15 is 0 Å². The van der Waals surface area contributed by atoms with Gasteiger partial charge in [0.1, 0.15) is 4.90 Å². The molecular weight excluding hydrogens is 338 g/mol. The quantitative estimate of drug-likeness (QED) is 0.891. The summed E-state index contributed by atoms with van der Waals surface area (Å²) >= 11 is 0. The predicted molar refractivity (Wildman–Crippen MR) is 96.9 cm³/mol. The number of carbonyl (C=O) groups excluding carboxylic acids is 1. The van der Waals surface area contributed by atoms with Crippen molar-refractivity contribution >= 4 is 21.8 Å². The average Bonchev–Trinajstić information content (AvgIpc) is 2.84. The summed E-state index contributed by atoms with van der Waals surface area (Å²) < 4.78 is 28.1. The Balaban J connectivity index is 1.69. The van der Waals surface area contributed by atoms with Gasteiger partial charge < -0.3 is 10.2 Å². The Morgan fingerprint density at radius 3 is 2.76 bits per heavy atom. The van der Waals surface area contributed by atoms with Crippen LogP contribution < -0.4 is 5.32 Å². The van der Waals surface area contributed by atoms with Crippen LogP contribution in [0, 0.1) is 11.8 Å². The third-order valence-electron chi connectivity index (χ3n) is 5.41. The molecule has 2 aliphatic rings. The van der Waals surface area contributed by atoms with Gasteiger partial charge in [0.25, 0.3) is 10.0 Å². The van der Waals surface area contributed by atoms with Gasteiger partial charge in [-0.25, -0.2) is 0 Å². The van der Waals surface area contributed by atoms with Crippen LogP contribution in [0.5, 0.6) is 0 Å². The van der Waals surface area contributed by atoms with Crippen molar-refractivity contribution in [3.05, 3.63) is 29.8 Å². The van der Waals surface area contributed by atoms with E-state index in [1.54, 1.807) is 36.2 Å². The molecule has 0 radical (unpaired) electrons. The molecule has 1 N–H and O–H groups in total. The molecule has 7 heteroatoms. The normalized spacial score (nSPS) is 27.3. The topological polar surface area (TPSA) is 78.8 Å². The Bertz CT molecular complexity index is 804. The average molecular weight is 363 g/mol. The minimum atomic E-state index is -3.66. The fourth-order valence-electron chi connectivity index (χ4n) is 3.69. The van der Waals surface area contributed by atoms with E-state index in [1.807, 2.05) is 0 Å². The number of benzene rings is 1. The monoisotopic (exact) mass is 363 g/mol. The van der Waals surface area contributed by atoms with Crippen molar-refractivity contribution in [1.29, 1.82) is 0 Å². The molecule has 1 heterocycles. The van der Waals surface area contributed by atoms with Gasteiger partial charge in [-0.2, -0.15) is 8.42 Å². The Morgan fingerprint density at radius 1 is 1.28 bits per heavy atom. The van der Waals surface area contributed by atoms with E-state index in [0.29, 0.717) is 23.2 Å². The molecule has 0 unspecified atom stereocenters. The lowest BCUT2D eigenvalue weighted by atomic mass is 9.78. The zero-order valence-electron chi connectivity index (χ0n) is 14.9. The van der Waals surface area contributed by atoms with Gasteiger partial charge in [0.05, 0.1) is 6.54 Å². The van der Waals surface area contributed by atoms with Crippen LogP contribution in [-0.2, 0) is 14.8 Å². The van der Waals surface area contributed by atoms with Gasteiger partial charge in [0.2, 0.25) is 5.91 Å². The largest absolute Gasteiger partial charge is 0.352 e. The van der Waals surface area contributed by atoms with Gasteiger partial charge in [-0.05, 0) is 30.4 Å². The van der Waals surface area contributed by atoms with E-state index in [1.165, 1.54) is 6.42 Å². The van der Waals surface area contributed by atoms with Crippen molar-refractivity contribution in [2.75, 3.05) is 13.6 Å². The fourth-order valence-corrected chi connectivity index (χ4v) is 4.94. The molecule has 25 heavy (non-hydrogen) atoms.